The Hall–Kier alpha value is -3.19. The molecule has 0 bridgehead atoms. The smallest absolute Gasteiger partial charge is 0.341 e. The van der Waals surface area contributed by atoms with E-state index in [9.17, 15) is 14.7 Å². The van der Waals surface area contributed by atoms with Gasteiger partial charge in [0.25, 0.3) is 0 Å². The summed E-state index contributed by atoms with van der Waals surface area (Å²) < 4.78 is 23.2. The summed E-state index contributed by atoms with van der Waals surface area (Å²) in [7, 11) is 0. The minimum Gasteiger partial charge on any atom is -0.477 e. The van der Waals surface area contributed by atoms with Crippen LogP contribution in [0.15, 0.2) is 51.1 Å². The zero-order chi connectivity index (χ0) is 22.1. The molecule has 0 saturated heterocycles. The molecule has 5 nitrogen and oxygen atoms in total. The molecule has 0 radical (unpaired) electrons. The van der Waals surface area contributed by atoms with E-state index in [1.165, 1.54) is 6.20 Å². The molecule has 3 aromatic heterocycles. The number of aromatic nitrogens is 1. The second-order valence-electron chi connectivity index (χ2n) is 8.90. The Morgan fingerprint density at radius 3 is 2.68 bits per heavy atom. The number of thiophene rings is 1. The quantitative estimate of drug-likeness (QED) is 0.419. The van der Waals surface area contributed by atoms with Gasteiger partial charge in [-0.1, -0.05) is 39.0 Å². The van der Waals surface area contributed by atoms with Crippen LogP contribution in [0.4, 0.5) is 4.39 Å². The second-order valence-corrected chi connectivity index (χ2v) is 9.85. The summed E-state index contributed by atoms with van der Waals surface area (Å²) in [5, 5.41) is 12.3. The van der Waals surface area contributed by atoms with Crippen molar-refractivity contribution in [2.45, 2.75) is 33.2 Å². The fourth-order valence-electron chi connectivity index (χ4n) is 4.42. The Kier molecular flexibility index (Phi) is 4.24. The largest absolute Gasteiger partial charge is 0.477 e. The van der Waals surface area contributed by atoms with Crippen LogP contribution >= 0.6 is 11.3 Å². The maximum Gasteiger partial charge on any atom is 0.341 e. The highest BCUT2D eigenvalue weighted by Gasteiger charge is 2.38. The number of rotatable bonds is 2. The van der Waals surface area contributed by atoms with E-state index in [1.54, 1.807) is 15.9 Å². The van der Waals surface area contributed by atoms with Crippen molar-refractivity contribution < 1.29 is 18.7 Å². The van der Waals surface area contributed by atoms with Gasteiger partial charge in [-0.15, -0.1) is 11.3 Å². The third kappa shape index (κ3) is 2.87. The van der Waals surface area contributed by atoms with Gasteiger partial charge in [-0.25, -0.2) is 9.18 Å². The number of para-hydroxylation sites is 1. The first-order chi connectivity index (χ1) is 14.7. The number of halogens is 1. The normalized spacial score (nSPS) is 15.7. The van der Waals surface area contributed by atoms with E-state index in [-0.39, 0.29) is 17.2 Å². The van der Waals surface area contributed by atoms with E-state index in [0.717, 1.165) is 21.4 Å². The number of nitrogens with zero attached hydrogens (tertiary/aromatic N) is 1. The highest BCUT2D eigenvalue weighted by molar-refractivity contribution is 7.13. The summed E-state index contributed by atoms with van der Waals surface area (Å²) in [6.45, 7) is 6.05. The van der Waals surface area contributed by atoms with Gasteiger partial charge in [0.05, 0.1) is 0 Å². The molecule has 7 heteroatoms. The van der Waals surface area contributed by atoms with E-state index in [4.69, 9.17) is 4.42 Å². The van der Waals surface area contributed by atoms with E-state index in [2.05, 4.69) is 0 Å². The maximum atomic E-state index is 15.4. The van der Waals surface area contributed by atoms with Gasteiger partial charge in [-0.2, -0.15) is 0 Å². The molecule has 0 fully saturated rings. The lowest BCUT2D eigenvalue weighted by Crippen LogP contribution is -2.34. The molecule has 0 amide bonds. The van der Waals surface area contributed by atoms with Crippen LogP contribution in [0, 0.1) is 11.2 Å². The first kappa shape index (κ1) is 19.8. The van der Waals surface area contributed by atoms with Crippen LogP contribution in [0.2, 0.25) is 0 Å². The summed E-state index contributed by atoms with van der Waals surface area (Å²) in [5.41, 5.74) is 0.390. The van der Waals surface area contributed by atoms with Gasteiger partial charge in [0.1, 0.15) is 16.8 Å². The summed E-state index contributed by atoms with van der Waals surface area (Å²) in [4.78, 5) is 25.1. The lowest BCUT2D eigenvalue weighted by atomic mass is 9.79. The van der Waals surface area contributed by atoms with Crippen LogP contribution in [-0.2, 0) is 6.42 Å². The predicted molar refractivity (Wildman–Crippen MR) is 118 cm³/mol. The van der Waals surface area contributed by atoms with E-state index >= 15 is 4.39 Å². The average Bonchev–Trinajstić information content (AvgIpc) is 3.36. The molecule has 1 unspecified atom stereocenters. The number of aromatic carboxylic acids is 1. The number of carboxylic acid groups (broad SMARTS) is 1. The first-order valence-electron chi connectivity index (χ1n) is 9.95. The molecule has 5 rings (SSSR count). The van der Waals surface area contributed by atoms with Crippen LogP contribution in [0.25, 0.3) is 32.9 Å². The molecule has 4 heterocycles. The second kappa shape index (κ2) is 6.65. The summed E-state index contributed by atoms with van der Waals surface area (Å²) in [6.07, 6.45) is 1.80. The fraction of sp³-hybridized carbons (Fsp3) is 0.250. The Morgan fingerprint density at radius 1 is 1.26 bits per heavy atom. The summed E-state index contributed by atoms with van der Waals surface area (Å²) in [6, 6.07) is 9.56. The van der Waals surface area contributed by atoms with Crippen LogP contribution in [0.3, 0.4) is 0 Å². The Balaban J connectivity index is 1.88. The molecule has 0 aliphatic carbocycles. The minimum absolute atomic E-state index is 0.0181. The van der Waals surface area contributed by atoms with Gasteiger partial charge in [0.2, 0.25) is 5.43 Å². The average molecular weight is 437 g/mol. The third-order valence-corrected chi connectivity index (χ3v) is 6.86. The number of hydrogen-bond donors (Lipinski definition) is 1. The Bertz CT molecular complexity index is 1410. The van der Waals surface area contributed by atoms with Crippen molar-refractivity contribution in [2.75, 3.05) is 0 Å². The molecule has 0 saturated carbocycles. The molecule has 158 valence electrons. The van der Waals surface area contributed by atoms with Crippen molar-refractivity contribution in [3.8, 4) is 21.9 Å². The number of pyridine rings is 1. The van der Waals surface area contributed by atoms with Crippen molar-refractivity contribution >= 4 is 28.3 Å². The van der Waals surface area contributed by atoms with E-state index < -0.39 is 22.8 Å². The summed E-state index contributed by atoms with van der Waals surface area (Å²) >= 11 is 1.58. The van der Waals surface area contributed by atoms with E-state index in [0.29, 0.717) is 17.8 Å². The lowest BCUT2D eigenvalue weighted by Gasteiger charge is -2.37. The van der Waals surface area contributed by atoms with Gasteiger partial charge < -0.3 is 14.1 Å². The predicted octanol–water partition coefficient (Wildman–Crippen LogP) is 5.97. The van der Waals surface area contributed by atoms with Crippen molar-refractivity contribution in [1.82, 2.24) is 4.57 Å². The molecular formula is C24H20FNO4S. The Labute approximate surface area is 181 Å². The lowest BCUT2D eigenvalue weighted by molar-refractivity contribution is 0.0692. The minimum atomic E-state index is -1.44. The Morgan fingerprint density at radius 2 is 2.03 bits per heavy atom. The van der Waals surface area contributed by atoms with Crippen molar-refractivity contribution in [1.29, 1.82) is 0 Å². The number of fused-ring (bicyclic) bond motifs is 5. The van der Waals surface area contributed by atoms with Gasteiger partial charge in [-0.05, 0) is 29.3 Å². The SMILES string of the molecule is CC(C)(C)C1Cc2c(oc3c(-c4cccs4)cccc23)-c2c(F)c(=O)c(C(=O)O)cn21. The molecule has 1 N–H and O–H groups in total. The third-order valence-electron chi connectivity index (χ3n) is 5.96. The molecule has 1 aromatic carbocycles. The van der Waals surface area contributed by atoms with Crippen LogP contribution in [0.1, 0.15) is 42.7 Å². The molecule has 1 aliphatic rings. The number of hydrogen-bond acceptors (Lipinski definition) is 4. The molecule has 1 atom stereocenters. The standard InChI is InChI=1S/C24H20FNO4S/c1-24(2,3)17-10-14-12-6-4-7-13(16-8-5-9-31-16)21(12)30-22(14)19-18(25)20(27)15(23(28)29)11-26(17)19/h4-9,11,17H,10H2,1-3H3,(H,28,29). The monoisotopic (exact) mass is 437 g/mol. The van der Waals surface area contributed by atoms with Crippen LogP contribution in [0.5, 0.6) is 0 Å². The van der Waals surface area contributed by atoms with Gasteiger partial charge >= 0.3 is 5.97 Å². The molecule has 1 aliphatic heterocycles. The molecule has 31 heavy (non-hydrogen) atoms. The molecule has 0 spiro atoms. The molecule has 4 aromatic rings. The number of furan rings is 1. The van der Waals surface area contributed by atoms with E-state index in [1.807, 2.05) is 56.5 Å². The van der Waals surface area contributed by atoms with Crippen molar-refractivity contribution in [3.63, 3.8) is 0 Å². The fourth-order valence-corrected chi connectivity index (χ4v) is 5.17. The highest BCUT2D eigenvalue weighted by Crippen LogP contribution is 2.48. The van der Waals surface area contributed by atoms with Crippen molar-refractivity contribution in [2.24, 2.45) is 5.41 Å². The maximum absolute atomic E-state index is 15.4. The van der Waals surface area contributed by atoms with Gasteiger partial charge in [0.15, 0.2) is 11.6 Å². The van der Waals surface area contributed by atoms with Crippen molar-refractivity contribution in [3.05, 3.63) is 69.1 Å². The number of benzene rings is 1. The highest BCUT2D eigenvalue weighted by atomic mass is 32.1. The van der Waals surface area contributed by atoms with Crippen LogP contribution < -0.4 is 5.43 Å². The summed E-state index contributed by atoms with van der Waals surface area (Å²) in [5.74, 6) is -2.24. The number of carbonyl (C=O) groups is 1. The number of carboxylic acids is 1. The zero-order valence-corrected chi connectivity index (χ0v) is 18.0. The zero-order valence-electron chi connectivity index (χ0n) is 17.2. The van der Waals surface area contributed by atoms with Crippen LogP contribution in [-0.4, -0.2) is 15.6 Å². The molecular weight excluding hydrogens is 417 g/mol. The van der Waals surface area contributed by atoms with Gasteiger partial charge in [-0.3, -0.25) is 4.79 Å². The first-order valence-corrected chi connectivity index (χ1v) is 10.8. The van der Waals surface area contributed by atoms with Gasteiger partial charge in [0, 0.05) is 33.6 Å². The topological polar surface area (TPSA) is 72.4 Å².